The standard InChI is InChI=1S/C8H12O3S2/c1-7(8-3-2-5-12-8)13(10,11)6-4-9/h2-3,5,7,9H,4,6H2,1H3/t7-/m0/s1. The molecule has 0 radical (unpaired) electrons. The van der Waals surface area contributed by atoms with E-state index in [1.807, 2.05) is 11.4 Å². The lowest BCUT2D eigenvalue weighted by atomic mass is 10.4. The maximum Gasteiger partial charge on any atom is 0.160 e. The molecule has 1 atom stereocenters. The molecule has 1 aromatic heterocycles. The van der Waals surface area contributed by atoms with Crippen molar-refractivity contribution >= 4 is 21.2 Å². The molecule has 0 fully saturated rings. The highest BCUT2D eigenvalue weighted by Gasteiger charge is 2.22. The van der Waals surface area contributed by atoms with Crippen LogP contribution in [0.5, 0.6) is 0 Å². The first kappa shape index (κ1) is 10.7. The van der Waals surface area contributed by atoms with E-state index >= 15 is 0 Å². The molecule has 74 valence electrons. The minimum absolute atomic E-state index is 0.161. The van der Waals surface area contributed by atoms with Gasteiger partial charge < -0.3 is 5.11 Å². The molecule has 0 unspecified atom stereocenters. The van der Waals surface area contributed by atoms with Gasteiger partial charge in [-0.1, -0.05) is 6.07 Å². The monoisotopic (exact) mass is 220 g/mol. The van der Waals surface area contributed by atoms with Crippen molar-refractivity contribution in [3.63, 3.8) is 0 Å². The lowest BCUT2D eigenvalue weighted by Gasteiger charge is -2.09. The van der Waals surface area contributed by atoms with E-state index in [4.69, 9.17) is 5.11 Å². The van der Waals surface area contributed by atoms with Crippen LogP contribution in [-0.2, 0) is 9.84 Å². The first-order chi connectivity index (χ1) is 6.08. The normalized spacial score (nSPS) is 14.3. The molecular weight excluding hydrogens is 208 g/mol. The second-order valence-corrected chi connectivity index (χ2v) is 6.17. The van der Waals surface area contributed by atoms with Crippen molar-refractivity contribution in [1.82, 2.24) is 0 Å². The molecule has 0 aliphatic rings. The van der Waals surface area contributed by atoms with Gasteiger partial charge in [0.25, 0.3) is 0 Å². The van der Waals surface area contributed by atoms with Crippen LogP contribution in [0.2, 0.25) is 0 Å². The Morgan fingerprint density at radius 2 is 2.31 bits per heavy atom. The van der Waals surface area contributed by atoms with E-state index in [1.165, 1.54) is 11.3 Å². The molecule has 13 heavy (non-hydrogen) atoms. The average molecular weight is 220 g/mol. The molecule has 0 saturated carbocycles. The summed E-state index contributed by atoms with van der Waals surface area (Å²) in [6, 6.07) is 3.62. The van der Waals surface area contributed by atoms with Crippen LogP contribution in [-0.4, -0.2) is 25.9 Å². The number of aliphatic hydroxyl groups excluding tert-OH is 1. The van der Waals surface area contributed by atoms with Crippen molar-refractivity contribution in [1.29, 1.82) is 0 Å². The molecule has 1 N–H and O–H groups in total. The number of aliphatic hydroxyl groups is 1. The van der Waals surface area contributed by atoms with E-state index in [1.54, 1.807) is 13.0 Å². The van der Waals surface area contributed by atoms with Gasteiger partial charge in [-0.2, -0.15) is 0 Å². The van der Waals surface area contributed by atoms with Crippen molar-refractivity contribution in [2.45, 2.75) is 12.2 Å². The zero-order valence-electron chi connectivity index (χ0n) is 7.30. The summed E-state index contributed by atoms with van der Waals surface area (Å²) in [5.74, 6) is -0.161. The van der Waals surface area contributed by atoms with Crippen molar-refractivity contribution < 1.29 is 13.5 Å². The largest absolute Gasteiger partial charge is 0.395 e. The second kappa shape index (κ2) is 4.21. The van der Waals surface area contributed by atoms with Crippen molar-refractivity contribution in [3.8, 4) is 0 Å². The number of sulfone groups is 1. The summed E-state index contributed by atoms with van der Waals surface area (Å²) >= 11 is 1.42. The molecule has 3 nitrogen and oxygen atoms in total. The van der Waals surface area contributed by atoms with E-state index in [9.17, 15) is 8.42 Å². The Labute approximate surface area is 82.0 Å². The smallest absolute Gasteiger partial charge is 0.160 e. The Bertz CT molecular complexity index is 339. The van der Waals surface area contributed by atoms with Crippen molar-refractivity contribution in [2.24, 2.45) is 0 Å². The Morgan fingerprint density at radius 3 is 2.77 bits per heavy atom. The van der Waals surface area contributed by atoms with Gasteiger partial charge >= 0.3 is 0 Å². The molecule has 0 saturated heterocycles. The van der Waals surface area contributed by atoms with Crippen LogP contribution < -0.4 is 0 Å². The van der Waals surface area contributed by atoms with Gasteiger partial charge in [-0.05, 0) is 18.4 Å². The van der Waals surface area contributed by atoms with Gasteiger partial charge in [0.05, 0.1) is 17.6 Å². The molecular formula is C8H12O3S2. The summed E-state index contributed by atoms with van der Waals surface area (Å²) in [4.78, 5) is 0.827. The minimum atomic E-state index is -3.17. The van der Waals surface area contributed by atoms with Crippen LogP contribution in [0.3, 0.4) is 0 Å². The predicted molar refractivity (Wildman–Crippen MR) is 53.6 cm³/mol. The SMILES string of the molecule is C[C@@H](c1cccs1)S(=O)(=O)CCO. The molecule has 0 aliphatic heterocycles. The van der Waals surface area contributed by atoms with Crippen LogP contribution in [0, 0.1) is 0 Å². The number of rotatable bonds is 4. The maximum absolute atomic E-state index is 11.5. The van der Waals surface area contributed by atoms with Gasteiger partial charge in [-0.15, -0.1) is 11.3 Å². The fourth-order valence-corrected chi connectivity index (χ4v) is 3.31. The fraction of sp³-hybridized carbons (Fsp3) is 0.500. The first-order valence-corrected chi connectivity index (χ1v) is 6.53. The van der Waals surface area contributed by atoms with Gasteiger partial charge in [0.15, 0.2) is 9.84 Å². The summed E-state index contributed by atoms with van der Waals surface area (Å²) in [6.07, 6.45) is 0. The number of thiophene rings is 1. The maximum atomic E-state index is 11.5. The highest BCUT2D eigenvalue weighted by molar-refractivity contribution is 7.91. The van der Waals surface area contributed by atoms with Gasteiger partial charge in [0.1, 0.15) is 0 Å². The molecule has 0 amide bonds. The Morgan fingerprint density at radius 1 is 1.62 bits per heavy atom. The highest BCUT2D eigenvalue weighted by Crippen LogP contribution is 2.26. The van der Waals surface area contributed by atoms with Crippen LogP contribution in [0.4, 0.5) is 0 Å². The van der Waals surface area contributed by atoms with Gasteiger partial charge in [0.2, 0.25) is 0 Å². The Hall–Kier alpha value is -0.390. The summed E-state index contributed by atoms with van der Waals surface area (Å²) in [6.45, 7) is 1.34. The number of hydrogen-bond donors (Lipinski definition) is 1. The quantitative estimate of drug-likeness (QED) is 0.830. The lowest BCUT2D eigenvalue weighted by molar-refractivity contribution is 0.319. The topological polar surface area (TPSA) is 54.4 Å². The van der Waals surface area contributed by atoms with E-state index in [0.717, 1.165) is 4.88 Å². The zero-order chi connectivity index (χ0) is 9.90. The van der Waals surface area contributed by atoms with Crippen LogP contribution in [0.25, 0.3) is 0 Å². The van der Waals surface area contributed by atoms with Crippen molar-refractivity contribution in [3.05, 3.63) is 22.4 Å². The summed E-state index contributed by atoms with van der Waals surface area (Å²) in [7, 11) is -3.17. The first-order valence-electron chi connectivity index (χ1n) is 3.94. The highest BCUT2D eigenvalue weighted by atomic mass is 32.2. The Balaban J connectivity index is 2.85. The molecule has 5 heteroatoms. The average Bonchev–Trinajstić information content (AvgIpc) is 2.54. The molecule has 0 aliphatic carbocycles. The summed E-state index contributed by atoms with van der Waals surface area (Å²) < 4.78 is 23.0. The third-order valence-electron chi connectivity index (χ3n) is 1.86. The van der Waals surface area contributed by atoms with Crippen molar-refractivity contribution in [2.75, 3.05) is 12.4 Å². The van der Waals surface area contributed by atoms with E-state index in [0.29, 0.717) is 0 Å². The second-order valence-electron chi connectivity index (χ2n) is 2.75. The number of hydrogen-bond acceptors (Lipinski definition) is 4. The zero-order valence-corrected chi connectivity index (χ0v) is 8.94. The van der Waals surface area contributed by atoms with Gasteiger partial charge in [-0.25, -0.2) is 8.42 Å². The minimum Gasteiger partial charge on any atom is -0.395 e. The summed E-state index contributed by atoms with van der Waals surface area (Å²) in [5, 5.41) is 9.92. The predicted octanol–water partition coefficient (Wildman–Crippen LogP) is 1.22. The van der Waals surface area contributed by atoms with Crippen LogP contribution >= 0.6 is 11.3 Å². The van der Waals surface area contributed by atoms with E-state index < -0.39 is 15.1 Å². The third kappa shape index (κ3) is 2.52. The van der Waals surface area contributed by atoms with Gasteiger partial charge in [-0.3, -0.25) is 0 Å². The molecule has 1 heterocycles. The molecule has 0 bridgehead atoms. The molecule has 0 aromatic carbocycles. The third-order valence-corrected chi connectivity index (χ3v) is 5.15. The molecule has 1 aromatic rings. The molecule has 1 rings (SSSR count). The van der Waals surface area contributed by atoms with Crippen LogP contribution in [0.1, 0.15) is 17.1 Å². The summed E-state index contributed by atoms with van der Waals surface area (Å²) in [5.41, 5.74) is 0. The fourth-order valence-electron chi connectivity index (χ4n) is 1.00. The van der Waals surface area contributed by atoms with Crippen LogP contribution in [0.15, 0.2) is 17.5 Å². The van der Waals surface area contributed by atoms with E-state index in [-0.39, 0.29) is 12.4 Å². The lowest BCUT2D eigenvalue weighted by Crippen LogP contribution is -2.15. The Kier molecular flexibility index (Phi) is 3.47. The van der Waals surface area contributed by atoms with E-state index in [2.05, 4.69) is 0 Å². The molecule has 0 spiro atoms. The van der Waals surface area contributed by atoms with Gasteiger partial charge in [0, 0.05) is 4.88 Å².